The molecule has 0 amide bonds. The summed E-state index contributed by atoms with van der Waals surface area (Å²) in [5.41, 5.74) is 1.46. The Morgan fingerprint density at radius 1 is 1.53 bits per heavy atom. The van der Waals surface area contributed by atoms with Crippen LogP contribution in [0.4, 0.5) is 0 Å². The highest BCUT2D eigenvalue weighted by Gasteiger charge is 2.13. The lowest BCUT2D eigenvalue weighted by Gasteiger charge is -2.28. The van der Waals surface area contributed by atoms with Crippen molar-refractivity contribution < 1.29 is 4.74 Å². The molecule has 0 aromatic rings. The average molecular weight is 240 g/mol. The van der Waals surface area contributed by atoms with E-state index in [1.54, 1.807) is 7.11 Å². The number of nitrogens with one attached hydrogen (secondary N) is 1. The zero-order chi connectivity index (χ0) is 12.5. The number of methoxy groups -OCH3 is 1. The highest BCUT2D eigenvalue weighted by Crippen LogP contribution is 2.12. The third-order valence-electron chi connectivity index (χ3n) is 3.21. The SMILES string of the molecule is CCCNCC(C)CN1CC=C(COC)CC1. The molecule has 0 bridgehead atoms. The Labute approximate surface area is 106 Å². The number of nitrogens with zero attached hydrogens (tertiary/aromatic N) is 1. The minimum absolute atomic E-state index is 0.735. The van der Waals surface area contributed by atoms with Gasteiger partial charge in [0, 0.05) is 26.7 Å². The Hall–Kier alpha value is -0.380. The standard InChI is InChI=1S/C14H28N2O/c1-4-7-15-10-13(2)11-16-8-5-14(6-9-16)12-17-3/h5,13,15H,4,6-12H2,1-3H3. The second kappa shape index (κ2) is 8.67. The van der Waals surface area contributed by atoms with E-state index >= 15 is 0 Å². The van der Waals surface area contributed by atoms with Crippen LogP contribution in [0.25, 0.3) is 0 Å². The molecule has 0 aromatic carbocycles. The molecule has 1 rings (SSSR count). The minimum atomic E-state index is 0.735. The van der Waals surface area contributed by atoms with Gasteiger partial charge in [-0.3, -0.25) is 4.90 Å². The molecule has 0 spiro atoms. The fourth-order valence-corrected chi connectivity index (χ4v) is 2.27. The van der Waals surface area contributed by atoms with E-state index in [1.165, 1.54) is 31.5 Å². The lowest BCUT2D eigenvalue weighted by atomic mass is 10.1. The van der Waals surface area contributed by atoms with Crippen molar-refractivity contribution >= 4 is 0 Å². The largest absolute Gasteiger partial charge is 0.380 e. The summed E-state index contributed by atoms with van der Waals surface area (Å²) in [4.78, 5) is 2.54. The van der Waals surface area contributed by atoms with Gasteiger partial charge in [-0.1, -0.05) is 19.9 Å². The van der Waals surface area contributed by atoms with Gasteiger partial charge in [-0.2, -0.15) is 0 Å². The van der Waals surface area contributed by atoms with Crippen LogP contribution in [0, 0.1) is 5.92 Å². The number of ether oxygens (including phenoxy) is 1. The molecule has 1 aliphatic rings. The first kappa shape index (κ1) is 14.7. The molecule has 1 heterocycles. The number of hydrogen-bond acceptors (Lipinski definition) is 3. The summed E-state index contributed by atoms with van der Waals surface area (Å²) in [7, 11) is 1.77. The topological polar surface area (TPSA) is 24.5 Å². The molecular weight excluding hydrogens is 212 g/mol. The highest BCUT2D eigenvalue weighted by molar-refractivity contribution is 5.07. The quantitative estimate of drug-likeness (QED) is 0.518. The van der Waals surface area contributed by atoms with Crippen LogP contribution in [-0.2, 0) is 4.74 Å². The van der Waals surface area contributed by atoms with Gasteiger partial charge < -0.3 is 10.1 Å². The molecule has 0 aromatic heterocycles. The zero-order valence-corrected chi connectivity index (χ0v) is 11.7. The van der Waals surface area contributed by atoms with Gasteiger partial charge in [-0.15, -0.1) is 0 Å². The van der Waals surface area contributed by atoms with Gasteiger partial charge in [0.25, 0.3) is 0 Å². The van der Waals surface area contributed by atoms with Crippen LogP contribution in [0.2, 0.25) is 0 Å². The van der Waals surface area contributed by atoms with Gasteiger partial charge in [0.05, 0.1) is 6.61 Å². The fourth-order valence-electron chi connectivity index (χ4n) is 2.27. The van der Waals surface area contributed by atoms with E-state index in [-0.39, 0.29) is 0 Å². The van der Waals surface area contributed by atoms with Crippen molar-refractivity contribution in [3.05, 3.63) is 11.6 Å². The molecule has 3 heteroatoms. The summed E-state index contributed by atoms with van der Waals surface area (Å²) >= 11 is 0. The summed E-state index contributed by atoms with van der Waals surface area (Å²) in [6.45, 7) is 11.1. The molecule has 100 valence electrons. The first-order chi connectivity index (χ1) is 8.26. The molecule has 1 atom stereocenters. The van der Waals surface area contributed by atoms with Gasteiger partial charge in [0.1, 0.15) is 0 Å². The molecule has 1 unspecified atom stereocenters. The Bertz CT molecular complexity index is 228. The van der Waals surface area contributed by atoms with Crippen LogP contribution in [0.5, 0.6) is 0 Å². The first-order valence-electron chi connectivity index (χ1n) is 6.86. The molecule has 3 nitrogen and oxygen atoms in total. The maximum atomic E-state index is 5.17. The summed E-state index contributed by atoms with van der Waals surface area (Å²) < 4.78 is 5.17. The smallest absolute Gasteiger partial charge is 0.0673 e. The zero-order valence-electron chi connectivity index (χ0n) is 11.7. The Morgan fingerprint density at radius 3 is 2.94 bits per heavy atom. The Balaban J connectivity index is 2.16. The van der Waals surface area contributed by atoms with Crippen LogP contribution in [0.1, 0.15) is 26.7 Å². The normalized spacial score (nSPS) is 19.1. The summed E-state index contributed by atoms with van der Waals surface area (Å²) in [5, 5.41) is 3.49. The van der Waals surface area contributed by atoms with Gasteiger partial charge in [-0.05, 0) is 37.4 Å². The monoisotopic (exact) mass is 240 g/mol. The third kappa shape index (κ3) is 6.20. The van der Waals surface area contributed by atoms with Crippen molar-refractivity contribution in [1.82, 2.24) is 10.2 Å². The van der Waals surface area contributed by atoms with Crippen molar-refractivity contribution in [2.45, 2.75) is 26.7 Å². The molecule has 0 radical (unpaired) electrons. The van der Waals surface area contributed by atoms with Crippen molar-refractivity contribution in [3.63, 3.8) is 0 Å². The molecule has 0 aliphatic carbocycles. The Morgan fingerprint density at radius 2 is 2.35 bits per heavy atom. The van der Waals surface area contributed by atoms with Crippen molar-refractivity contribution in [2.24, 2.45) is 5.92 Å². The summed E-state index contributed by atoms with van der Waals surface area (Å²) in [6, 6.07) is 0. The van der Waals surface area contributed by atoms with Crippen LogP contribution in [0.15, 0.2) is 11.6 Å². The molecule has 17 heavy (non-hydrogen) atoms. The fraction of sp³-hybridized carbons (Fsp3) is 0.857. The minimum Gasteiger partial charge on any atom is -0.380 e. The van der Waals surface area contributed by atoms with Gasteiger partial charge >= 0.3 is 0 Å². The predicted octanol–water partition coefficient (Wildman–Crippen LogP) is 1.90. The Kier molecular flexibility index (Phi) is 7.49. The summed E-state index contributed by atoms with van der Waals surface area (Å²) in [6.07, 6.45) is 4.72. The van der Waals surface area contributed by atoms with Crippen LogP contribution >= 0.6 is 0 Å². The van der Waals surface area contributed by atoms with Crippen LogP contribution in [0.3, 0.4) is 0 Å². The predicted molar refractivity (Wildman–Crippen MR) is 73.3 cm³/mol. The van der Waals surface area contributed by atoms with E-state index in [2.05, 4.69) is 30.1 Å². The van der Waals surface area contributed by atoms with Gasteiger partial charge in [0.2, 0.25) is 0 Å². The lowest BCUT2D eigenvalue weighted by molar-refractivity contribution is 0.205. The maximum absolute atomic E-state index is 5.17. The average Bonchev–Trinajstić information content (AvgIpc) is 2.32. The van der Waals surface area contributed by atoms with Crippen LogP contribution in [-0.4, -0.2) is 51.3 Å². The second-order valence-corrected chi connectivity index (χ2v) is 5.11. The van der Waals surface area contributed by atoms with Crippen molar-refractivity contribution in [1.29, 1.82) is 0 Å². The number of hydrogen-bond donors (Lipinski definition) is 1. The van der Waals surface area contributed by atoms with Gasteiger partial charge in [0.15, 0.2) is 0 Å². The van der Waals surface area contributed by atoms with E-state index in [4.69, 9.17) is 4.74 Å². The summed E-state index contributed by atoms with van der Waals surface area (Å²) in [5.74, 6) is 0.735. The molecule has 1 aliphatic heterocycles. The van der Waals surface area contributed by atoms with E-state index in [9.17, 15) is 0 Å². The van der Waals surface area contributed by atoms with E-state index in [0.29, 0.717) is 0 Å². The highest BCUT2D eigenvalue weighted by atomic mass is 16.5. The molecule has 0 saturated heterocycles. The molecule has 0 saturated carbocycles. The van der Waals surface area contributed by atoms with E-state index < -0.39 is 0 Å². The van der Waals surface area contributed by atoms with E-state index in [0.717, 1.165) is 32.2 Å². The maximum Gasteiger partial charge on any atom is 0.0673 e. The molecular formula is C14H28N2O. The van der Waals surface area contributed by atoms with Crippen molar-refractivity contribution in [2.75, 3.05) is 46.4 Å². The second-order valence-electron chi connectivity index (χ2n) is 5.11. The van der Waals surface area contributed by atoms with Crippen molar-refractivity contribution in [3.8, 4) is 0 Å². The third-order valence-corrected chi connectivity index (χ3v) is 3.21. The lowest BCUT2D eigenvalue weighted by Crippen LogP contribution is -2.36. The van der Waals surface area contributed by atoms with Crippen LogP contribution < -0.4 is 5.32 Å². The first-order valence-corrected chi connectivity index (χ1v) is 6.86. The number of rotatable bonds is 8. The molecule has 1 N–H and O–H groups in total. The van der Waals surface area contributed by atoms with E-state index in [1.807, 2.05) is 0 Å². The molecule has 0 fully saturated rings. The van der Waals surface area contributed by atoms with Gasteiger partial charge in [-0.25, -0.2) is 0 Å².